The topological polar surface area (TPSA) is 69.6 Å². The average molecular weight is 431 g/mol. The lowest BCUT2D eigenvalue weighted by Crippen LogP contribution is -2.16. The number of carbonyl (C=O) groups excluding carboxylic acids is 1. The number of nitrogens with zero attached hydrogens (tertiary/aromatic N) is 1. The van der Waals surface area contributed by atoms with Crippen molar-refractivity contribution in [1.29, 1.82) is 0 Å². The summed E-state index contributed by atoms with van der Waals surface area (Å²) in [6.45, 7) is 2.22. The molecule has 0 spiro atoms. The molecule has 0 aliphatic carbocycles. The number of thiazole rings is 1. The van der Waals surface area contributed by atoms with Gasteiger partial charge in [-0.05, 0) is 43.0 Å². The first kappa shape index (κ1) is 21.0. The third kappa shape index (κ3) is 4.65. The predicted octanol–water partition coefficient (Wildman–Crippen LogP) is 4.26. The minimum Gasteiger partial charge on any atom is -0.493 e. The summed E-state index contributed by atoms with van der Waals surface area (Å²) in [6.07, 6.45) is 2.02. The standard InChI is InChI=1S/C21H22N2O4S2/c1-13-19(20(24)22-15-7-10-17(26-2)18(11-15)27-3)29-21(25)23(13)12-14-5-8-16(28-4)9-6-14/h5-11H,12H2,1-4H3,(H,22,24). The number of hydrogen-bond acceptors (Lipinski definition) is 6. The molecule has 0 radical (unpaired) electrons. The van der Waals surface area contributed by atoms with Crippen LogP contribution in [0.5, 0.6) is 11.5 Å². The van der Waals surface area contributed by atoms with Gasteiger partial charge in [0.2, 0.25) is 0 Å². The summed E-state index contributed by atoms with van der Waals surface area (Å²) in [6, 6.07) is 13.2. The normalized spacial score (nSPS) is 10.6. The van der Waals surface area contributed by atoms with Gasteiger partial charge in [-0.3, -0.25) is 14.2 Å². The van der Waals surface area contributed by atoms with Gasteiger partial charge in [-0.2, -0.15) is 0 Å². The van der Waals surface area contributed by atoms with Crippen molar-refractivity contribution in [3.05, 3.63) is 68.3 Å². The van der Waals surface area contributed by atoms with Crippen LogP contribution in [0.3, 0.4) is 0 Å². The summed E-state index contributed by atoms with van der Waals surface area (Å²) in [4.78, 5) is 26.7. The van der Waals surface area contributed by atoms with Gasteiger partial charge in [0, 0.05) is 22.3 Å². The van der Waals surface area contributed by atoms with Crippen molar-refractivity contribution in [1.82, 2.24) is 4.57 Å². The fourth-order valence-electron chi connectivity index (χ4n) is 2.88. The lowest BCUT2D eigenvalue weighted by Gasteiger charge is -2.10. The van der Waals surface area contributed by atoms with E-state index in [-0.39, 0.29) is 10.8 Å². The van der Waals surface area contributed by atoms with Crippen molar-refractivity contribution in [2.24, 2.45) is 0 Å². The number of nitrogens with one attached hydrogen (secondary N) is 1. The molecule has 0 aliphatic rings. The van der Waals surface area contributed by atoms with Crippen LogP contribution in [-0.2, 0) is 6.54 Å². The van der Waals surface area contributed by atoms with Crippen LogP contribution >= 0.6 is 23.1 Å². The van der Waals surface area contributed by atoms with E-state index in [1.165, 1.54) is 7.11 Å². The van der Waals surface area contributed by atoms with Gasteiger partial charge >= 0.3 is 4.87 Å². The highest BCUT2D eigenvalue weighted by molar-refractivity contribution is 7.98. The maximum absolute atomic E-state index is 12.8. The van der Waals surface area contributed by atoms with E-state index in [2.05, 4.69) is 5.32 Å². The fourth-order valence-corrected chi connectivity index (χ4v) is 4.18. The molecule has 0 fully saturated rings. The average Bonchev–Trinajstić information content (AvgIpc) is 3.02. The Balaban J connectivity index is 1.81. The number of aromatic nitrogens is 1. The predicted molar refractivity (Wildman–Crippen MR) is 118 cm³/mol. The van der Waals surface area contributed by atoms with Gasteiger partial charge in [0.25, 0.3) is 5.91 Å². The van der Waals surface area contributed by atoms with Crippen LogP contribution in [0, 0.1) is 6.92 Å². The molecule has 3 rings (SSSR count). The Morgan fingerprint density at radius 3 is 2.41 bits per heavy atom. The molecule has 0 saturated heterocycles. The van der Waals surface area contributed by atoms with Crippen LogP contribution in [0.1, 0.15) is 20.9 Å². The molecule has 0 atom stereocenters. The molecular weight excluding hydrogens is 408 g/mol. The summed E-state index contributed by atoms with van der Waals surface area (Å²) in [5.41, 5.74) is 2.22. The Hall–Kier alpha value is -2.71. The lowest BCUT2D eigenvalue weighted by molar-refractivity contribution is 0.102. The van der Waals surface area contributed by atoms with E-state index in [9.17, 15) is 9.59 Å². The molecule has 0 aliphatic heterocycles. The van der Waals surface area contributed by atoms with Gasteiger partial charge in [-0.25, -0.2) is 0 Å². The largest absolute Gasteiger partial charge is 0.493 e. The molecule has 1 heterocycles. The monoisotopic (exact) mass is 430 g/mol. The van der Waals surface area contributed by atoms with E-state index in [0.29, 0.717) is 34.3 Å². The summed E-state index contributed by atoms with van der Waals surface area (Å²) in [7, 11) is 3.08. The number of ether oxygens (including phenoxy) is 2. The number of anilines is 1. The maximum Gasteiger partial charge on any atom is 0.308 e. The van der Waals surface area contributed by atoms with Crippen molar-refractivity contribution in [2.45, 2.75) is 18.4 Å². The summed E-state index contributed by atoms with van der Waals surface area (Å²) in [5, 5.41) is 2.83. The van der Waals surface area contributed by atoms with Crippen LogP contribution in [0.2, 0.25) is 0 Å². The van der Waals surface area contributed by atoms with Crippen LogP contribution in [-0.4, -0.2) is 30.9 Å². The van der Waals surface area contributed by atoms with Crippen molar-refractivity contribution >= 4 is 34.7 Å². The van der Waals surface area contributed by atoms with E-state index >= 15 is 0 Å². The Morgan fingerprint density at radius 1 is 1.10 bits per heavy atom. The summed E-state index contributed by atoms with van der Waals surface area (Å²) in [5.74, 6) is 0.764. The van der Waals surface area contributed by atoms with Gasteiger partial charge in [-0.15, -0.1) is 11.8 Å². The quantitative estimate of drug-likeness (QED) is 0.567. The highest BCUT2D eigenvalue weighted by Crippen LogP contribution is 2.30. The number of carbonyl (C=O) groups is 1. The molecule has 29 heavy (non-hydrogen) atoms. The van der Waals surface area contributed by atoms with E-state index in [0.717, 1.165) is 21.8 Å². The lowest BCUT2D eigenvalue weighted by atomic mass is 10.2. The zero-order chi connectivity index (χ0) is 21.0. The third-order valence-electron chi connectivity index (χ3n) is 4.49. The smallest absolute Gasteiger partial charge is 0.308 e. The molecule has 1 N–H and O–H groups in total. The zero-order valence-corrected chi connectivity index (χ0v) is 18.3. The van der Waals surface area contributed by atoms with Crippen LogP contribution in [0.4, 0.5) is 5.69 Å². The van der Waals surface area contributed by atoms with E-state index < -0.39 is 0 Å². The Bertz CT molecular complexity index is 1070. The molecule has 3 aromatic rings. The molecule has 0 unspecified atom stereocenters. The zero-order valence-electron chi connectivity index (χ0n) is 16.6. The maximum atomic E-state index is 12.8. The van der Waals surface area contributed by atoms with E-state index in [4.69, 9.17) is 9.47 Å². The van der Waals surface area contributed by atoms with Crippen LogP contribution < -0.4 is 19.7 Å². The molecule has 6 nitrogen and oxygen atoms in total. The first-order valence-electron chi connectivity index (χ1n) is 8.83. The van der Waals surface area contributed by atoms with Crippen LogP contribution in [0.25, 0.3) is 0 Å². The molecule has 8 heteroatoms. The Morgan fingerprint density at radius 2 is 1.79 bits per heavy atom. The Labute approximate surface area is 177 Å². The molecule has 0 saturated carbocycles. The summed E-state index contributed by atoms with van der Waals surface area (Å²) < 4.78 is 12.1. The molecule has 1 amide bonds. The van der Waals surface area contributed by atoms with Crippen molar-refractivity contribution < 1.29 is 14.3 Å². The second-order valence-electron chi connectivity index (χ2n) is 6.24. The van der Waals surface area contributed by atoms with Gasteiger partial charge in [0.05, 0.1) is 20.8 Å². The van der Waals surface area contributed by atoms with Gasteiger partial charge in [0.1, 0.15) is 4.88 Å². The van der Waals surface area contributed by atoms with Crippen molar-refractivity contribution in [2.75, 3.05) is 25.8 Å². The molecule has 152 valence electrons. The highest BCUT2D eigenvalue weighted by atomic mass is 32.2. The van der Waals surface area contributed by atoms with Gasteiger partial charge in [0.15, 0.2) is 11.5 Å². The van der Waals surface area contributed by atoms with E-state index in [1.807, 2.05) is 30.5 Å². The first-order valence-corrected chi connectivity index (χ1v) is 10.9. The van der Waals surface area contributed by atoms with Gasteiger partial charge in [-0.1, -0.05) is 23.5 Å². The molecule has 0 bridgehead atoms. The molecule has 2 aromatic carbocycles. The van der Waals surface area contributed by atoms with Crippen molar-refractivity contribution in [3.63, 3.8) is 0 Å². The fraction of sp³-hybridized carbons (Fsp3) is 0.238. The SMILES string of the molecule is COc1ccc(NC(=O)c2sc(=O)n(Cc3ccc(SC)cc3)c2C)cc1OC. The second kappa shape index (κ2) is 9.19. The number of benzene rings is 2. The number of hydrogen-bond donors (Lipinski definition) is 1. The Kier molecular flexibility index (Phi) is 6.66. The third-order valence-corrected chi connectivity index (χ3v) is 6.31. The number of methoxy groups -OCH3 is 2. The highest BCUT2D eigenvalue weighted by Gasteiger charge is 2.18. The number of amides is 1. The first-order chi connectivity index (χ1) is 14.0. The minimum absolute atomic E-state index is 0.158. The molecular formula is C21H22N2O4S2. The van der Waals surface area contributed by atoms with Crippen LogP contribution in [0.15, 0.2) is 52.2 Å². The number of rotatable bonds is 7. The van der Waals surface area contributed by atoms with Gasteiger partial charge < -0.3 is 14.8 Å². The van der Waals surface area contributed by atoms with Crippen molar-refractivity contribution in [3.8, 4) is 11.5 Å². The van der Waals surface area contributed by atoms with E-state index in [1.54, 1.807) is 48.6 Å². The second-order valence-corrected chi connectivity index (χ2v) is 8.08. The minimum atomic E-state index is -0.326. The number of thioether (sulfide) groups is 1. The summed E-state index contributed by atoms with van der Waals surface area (Å²) >= 11 is 2.62. The molecule has 1 aromatic heterocycles.